The summed E-state index contributed by atoms with van der Waals surface area (Å²) < 4.78 is 13.7. The number of nitrogens with zero attached hydrogens (tertiary/aromatic N) is 3. The molecule has 1 aliphatic carbocycles. The zero-order chi connectivity index (χ0) is 17.1. The third kappa shape index (κ3) is 3.26. The Hall–Kier alpha value is -2.40. The van der Waals surface area contributed by atoms with E-state index in [1.54, 1.807) is 6.07 Å². The maximum atomic E-state index is 13.7. The van der Waals surface area contributed by atoms with Crippen LogP contribution >= 0.6 is 0 Å². The Morgan fingerprint density at radius 1 is 1.21 bits per heavy atom. The minimum Gasteiger partial charge on any atom is -0.393 e. The number of fused-ring (bicyclic) bond motifs is 2. The lowest BCUT2D eigenvalue weighted by Gasteiger charge is -2.25. The Balaban J connectivity index is 2.03. The van der Waals surface area contributed by atoms with Crippen LogP contribution in [0.5, 0.6) is 0 Å². The van der Waals surface area contributed by atoms with Crippen LogP contribution in [0.2, 0.25) is 0 Å². The minimum absolute atomic E-state index is 0.0576. The van der Waals surface area contributed by atoms with Crippen LogP contribution in [-0.4, -0.2) is 22.9 Å². The first-order valence-corrected chi connectivity index (χ1v) is 7.83. The highest BCUT2D eigenvalue weighted by atomic mass is 19.1. The lowest BCUT2D eigenvalue weighted by molar-refractivity contribution is 0.0969. The molecule has 124 valence electrons. The smallest absolute Gasteiger partial charge is 0.123 e. The van der Waals surface area contributed by atoms with Gasteiger partial charge in [0.15, 0.2) is 0 Å². The molecule has 5 nitrogen and oxygen atoms in total. The number of rotatable bonds is 4. The molecule has 0 aromatic heterocycles. The van der Waals surface area contributed by atoms with Gasteiger partial charge in [0.2, 0.25) is 0 Å². The van der Waals surface area contributed by atoms with E-state index in [0.717, 1.165) is 16.7 Å². The topological polar surface area (TPSA) is 89.2 Å². The largest absolute Gasteiger partial charge is 0.393 e. The fraction of sp³-hybridized carbons (Fsp3) is 0.333. The van der Waals surface area contributed by atoms with Crippen molar-refractivity contribution in [2.24, 2.45) is 5.11 Å². The highest BCUT2D eigenvalue weighted by molar-refractivity contribution is 5.44. The monoisotopic (exact) mass is 327 g/mol. The number of hydrogen-bond acceptors (Lipinski definition) is 3. The third-order valence-corrected chi connectivity index (χ3v) is 4.52. The van der Waals surface area contributed by atoms with Gasteiger partial charge in [-0.1, -0.05) is 35.4 Å². The van der Waals surface area contributed by atoms with Crippen molar-refractivity contribution in [1.29, 1.82) is 0 Å². The first-order valence-electron chi connectivity index (χ1n) is 7.83. The average molecular weight is 327 g/mol. The Bertz CT molecular complexity index is 790. The predicted molar refractivity (Wildman–Crippen MR) is 88.0 cm³/mol. The molecule has 0 bridgehead atoms. The van der Waals surface area contributed by atoms with E-state index >= 15 is 0 Å². The van der Waals surface area contributed by atoms with Gasteiger partial charge in [0.1, 0.15) is 5.82 Å². The normalized spacial score (nSPS) is 20.3. The van der Waals surface area contributed by atoms with Crippen molar-refractivity contribution in [2.45, 2.75) is 31.0 Å². The molecule has 2 N–H and O–H groups in total. The van der Waals surface area contributed by atoms with Crippen LogP contribution in [0.4, 0.5) is 4.39 Å². The Morgan fingerprint density at radius 2 is 1.96 bits per heavy atom. The van der Waals surface area contributed by atoms with Gasteiger partial charge in [-0.3, -0.25) is 0 Å². The Morgan fingerprint density at radius 3 is 2.75 bits per heavy atom. The second-order valence-corrected chi connectivity index (χ2v) is 6.07. The first-order chi connectivity index (χ1) is 11.6. The number of hydrogen-bond donors (Lipinski definition) is 2. The molecule has 0 aliphatic heterocycles. The van der Waals surface area contributed by atoms with Crippen LogP contribution in [0.25, 0.3) is 10.4 Å². The minimum atomic E-state index is -0.930. The predicted octanol–water partition coefficient (Wildman–Crippen LogP) is 3.61. The number of azide groups is 1. The molecule has 0 fully saturated rings. The van der Waals surface area contributed by atoms with E-state index in [2.05, 4.69) is 10.0 Å². The van der Waals surface area contributed by atoms with E-state index in [1.807, 2.05) is 24.3 Å². The van der Waals surface area contributed by atoms with Gasteiger partial charge >= 0.3 is 0 Å². The van der Waals surface area contributed by atoms with Crippen LogP contribution < -0.4 is 0 Å². The van der Waals surface area contributed by atoms with Gasteiger partial charge in [0.05, 0.1) is 18.8 Å². The van der Waals surface area contributed by atoms with Crippen LogP contribution in [0.3, 0.4) is 0 Å². The summed E-state index contributed by atoms with van der Waals surface area (Å²) >= 11 is 0. The van der Waals surface area contributed by atoms with Crippen molar-refractivity contribution in [3.63, 3.8) is 0 Å². The molecule has 24 heavy (non-hydrogen) atoms. The van der Waals surface area contributed by atoms with Crippen molar-refractivity contribution >= 4 is 0 Å². The van der Waals surface area contributed by atoms with Crippen molar-refractivity contribution in [3.8, 4) is 0 Å². The molecule has 2 aromatic rings. The van der Waals surface area contributed by atoms with E-state index in [1.165, 1.54) is 12.1 Å². The molecule has 1 aliphatic rings. The molecule has 3 rings (SSSR count). The van der Waals surface area contributed by atoms with Crippen molar-refractivity contribution in [1.82, 2.24) is 0 Å². The van der Waals surface area contributed by atoms with Gasteiger partial charge in [-0.15, -0.1) is 0 Å². The highest BCUT2D eigenvalue weighted by Crippen LogP contribution is 2.41. The summed E-state index contributed by atoms with van der Waals surface area (Å²) in [5.41, 5.74) is 11.8. The van der Waals surface area contributed by atoms with E-state index in [4.69, 9.17) is 5.53 Å². The molecule has 0 heterocycles. The average Bonchev–Trinajstić information content (AvgIpc) is 2.69. The lowest BCUT2D eigenvalue weighted by Crippen LogP contribution is -2.20. The maximum Gasteiger partial charge on any atom is 0.123 e. The summed E-state index contributed by atoms with van der Waals surface area (Å²) in [6.07, 6.45) is -0.970. The van der Waals surface area contributed by atoms with Crippen molar-refractivity contribution < 1.29 is 14.6 Å². The van der Waals surface area contributed by atoms with Gasteiger partial charge < -0.3 is 10.2 Å². The molecule has 0 saturated heterocycles. The number of benzene rings is 2. The molecular weight excluding hydrogens is 309 g/mol. The summed E-state index contributed by atoms with van der Waals surface area (Å²) in [7, 11) is 0. The third-order valence-electron chi connectivity index (χ3n) is 4.52. The van der Waals surface area contributed by atoms with Gasteiger partial charge in [-0.25, -0.2) is 4.39 Å². The van der Waals surface area contributed by atoms with E-state index in [0.29, 0.717) is 12.0 Å². The first kappa shape index (κ1) is 16.5. The Labute approximate surface area is 139 Å². The molecule has 6 heteroatoms. The van der Waals surface area contributed by atoms with Crippen LogP contribution in [0.15, 0.2) is 47.6 Å². The van der Waals surface area contributed by atoms with E-state index in [9.17, 15) is 14.6 Å². The zero-order valence-corrected chi connectivity index (χ0v) is 13.0. The SMILES string of the molecule is [N-]=[N+]=NC[C@@H](O)C[C@@H]1c2ccccc2Cc2ccc(F)cc2[C@@H]1O. The van der Waals surface area contributed by atoms with Crippen molar-refractivity contribution in [3.05, 3.63) is 81.0 Å². The summed E-state index contributed by atoms with van der Waals surface area (Å²) in [5.74, 6) is -0.791. The quantitative estimate of drug-likeness (QED) is 0.510. The van der Waals surface area contributed by atoms with Gasteiger partial charge in [-0.2, -0.15) is 0 Å². The van der Waals surface area contributed by atoms with E-state index in [-0.39, 0.29) is 13.0 Å². The fourth-order valence-corrected chi connectivity index (χ4v) is 3.41. The zero-order valence-electron chi connectivity index (χ0n) is 13.0. The van der Waals surface area contributed by atoms with Crippen LogP contribution in [0.1, 0.15) is 40.7 Å². The summed E-state index contributed by atoms with van der Waals surface area (Å²) in [6, 6.07) is 12.2. The summed E-state index contributed by atoms with van der Waals surface area (Å²) in [5, 5.41) is 24.4. The standard InChI is InChI=1S/C18H18FN3O2/c19-13-6-5-12-7-11-3-1-2-4-15(11)17(18(24)16(12)8-13)9-14(23)10-21-22-20/h1-6,8,14,17-18,23-24H,7,9-10H2/t14-,17+,18-/m0/s1. The molecule has 3 atom stereocenters. The van der Waals surface area contributed by atoms with Crippen LogP contribution in [-0.2, 0) is 6.42 Å². The number of aliphatic hydroxyl groups is 2. The van der Waals surface area contributed by atoms with Crippen molar-refractivity contribution in [2.75, 3.05) is 6.54 Å². The second kappa shape index (κ2) is 7.01. The molecular formula is C18H18FN3O2. The maximum absolute atomic E-state index is 13.7. The fourth-order valence-electron chi connectivity index (χ4n) is 3.41. The van der Waals surface area contributed by atoms with Gasteiger partial charge in [0.25, 0.3) is 0 Å². The van der Waals surface area contributed by atoms with E-state index < -0.39 is 23.9 Å². The molecule has 0 unspecified atom stereocenters. The number of halogens is 1. The molecule has 0 saturated carbocycles. The second-order valence-electron chi connectivity index (χ2n) is 6.07. The molecule has 2 aromatic carbocycles. The summed E-state index contributed by atoms with van der Waals surface area (Å²) in [6.45, 7) is -0.0576. The van der Waals surface area contributed by atoms with Gasteiger partial charge in [0, 0.05) is 10.8 Å². The lowest BCUT2D eigenvalue weighted by atomic mass is 9.84. The molecule has 0 spiro atoms. The molecule has 0 amide bonds. The summed E-state index contributed by atoms with van der Waals surface area (Å²) in [4.78, 5) is 2.65. The Kier molecular flexibility index (Phi) is 4.81. The highest BCUT2D eigenvalue weighted by Gasteiger charge is 2.31. The van der Waals surface area contributed by atoms with Crippen LogP contribution in [0, 0.1) is 5.82 Å². The number of aliphatic hydroxyl groups excluding tert-OH is 2. The van der Waals surface area contributed by atoms with Gasteiger partial charge in [-0.05, 0) is 52.8 Å². The molecule has 0 radical (unpaired) electrons.